The Morgan fingerprint density at radius 3 is 2.50 bits per heavy atom. The van der Waals surface area contributed by atoms with Crippen LogP contribution in [0.15, 0.2) is 29.1 Å². The van der Waals surface area contributed by atoms with E-state index in [1.807, 2.05) is 0 Å². The van der Waals surface area contributed by atoms with E-state index < -0.39 is 17.3 Å². The van der Waals surface area contributed by atoms with Crippen LogP contribution in [0.3, 0.4) is 0 Å². The molecule has 0 saturated heterocycles. The standard InChI is InChI=1S/C10H7F3N2O/c11-10(12,13)7-4-6(14)3-5-1-2-8(16)15-9(5)7/h1-4H,14H2,(H,15,16). The molecule has 1 aromatic carbocycles. The molecule has 0 atom stereocenters. The first-order chi connectivity index (χ1) is 7.38. The van der Waals surface area contributed by atoms with E-state index in [1.54, 1.807) is 0 Å². The third-order valence-electron chi connectivity index (χ3n) is 2.16. The van der Waals surface area contributed by atoms with E-state index in [1.165, 1.54) is 12.1 Å². The van der Waals surface area contributed by atoms with Gasteiger partial charge < -0.3 is 10.7 Å². The summed E-state index contributed by atoms with van der Waals surface area (Å²) in [6.07, 6.45) is -4.54. The number of nitrogen functional groups attached to an aromatic ring is 1. The predicted molar refractivity (Wildman–Crippen MR) is 54.0 cm³/mol. The zero-order valence-electron chi connectivity index (χ0n) is 7.93. The summed E-state index contributed by atoms with van der Waals surface area (Å²) < 4.78 is 38.0. The number of hydrogen-bond donors (Lipinski definition) is 2. The Balaban J connectivity index is 2.91. The fourth-order valence-electron chi connectivity index (χ4n) is 1.51. The Morgan fingerprint density at radius 2 is 1.88 bits per heavy atom. The number of anilines is 1. The van der Waals surface area contributed by atoms with Gasteiger partial charge in [-0.1, -0.05) is 0 Å². The molecule has 0 fully saturated rings. The highest BCUT2D eigenvalue weighted by Gasteiger charge is 2.33. The first kappa shape index (κ1) is 10.5. The lowest BCUT2D eigenvalue weighted by Gasteiger charge is -2.10. The largest absolute Gasteiger partial charge is 0.418 e. The lowest BCUT2D eigenvalue weighted by atomic mass is 10.1. The molecule has 16 heavy (non-hydrogen) atoms. The number of H-pyrrole nitrogens is 1. The minimum absolute atomic E-state index is 0.00636. The average Bonchev–Trinajstić information content (AvgIpc) is 2.16. The first-order valence-electron chi connectivity index (χ1n) is 4.38. The van der Waals surface area contributed by atoms with Crippen LogP contribution < -0.4 is 11.3 Å². The zero-order valence-corrected chi connectivity index (χ0v) is 7.93. The van der Waals surface area contributed by atoms with E-state index in [0.29, 0.717) is 0 Å². The predicted octanol–water partition coefficient (Wildman–Crippen LogP) is 2.13. The van der Waals surface area contributed by atoms with Gasteiger partial charge >= 0.3 is 6.18 Å². The number of benzene rings is 1. The number of halogens is 3. The van der Waals surface area contributed by atoms with Crippen molar-refractivity contribution in [3.05, 3.63) is 40.2 Å². The minimum atomic E-state index is -4.54. The lowest BCUT2D eigenvalue weighted by molar-refractivity contribution is -0.136. The molecule has 3 N–H and O–H groups in total. The molecule has 0 saturated carbocycles. The summed E-state index contributed by atoms with van der Waals surface area (Å²) in [5.41, 5.74) is 3.62. The molecule has 0 aliphatic heterocycles. The maximum absolute atomic E-state index is 12.7. The summed E-state index contributed by atoms with van der Waals surface area (Å²) >= 11 is 0. The van der Waals surface area contributed by atoms with Gasteiger partial charge in [0.05, 0.1) is 11.1 Å². The SMILES string of the molecule is Nc1cc(C(F)(F)F)c2[nH]c(=O)ccc2c1. The molecule has 0 bridgehead atoms. The highest BCUT2D eigenvalue weighted by Crippen LogP contribution is 2.34. The second kappa shape index (κ2) is 3.26. The maximum atomic E-state index is 12.7. The molecule has 0 aliphatic rings. The van der Waals surface area contributed by atoms with E-state index in [2.05, 4.69) is 4.98 Å². The lowest BCUT2D eigenvalue weighted by Crippen LogP contribution is -2.11. The van der Waals surface area contributed by atoms with Crippen molar-refractivity contribution < 1.29 is 13.2 Å². The number of rotatable bonds is 0. The Morgan fingerprint density at radius 1 is 1.19 bits per heavy atom. The monoisotopic (exact) mass is 228 g/mol. The average molecular weight is 228 g/mol. The van der Waals surface area contributed by atoms with Gasteiger partial charge in [0.25, 0.3) is 0 Å². The molecule has 6 heteroatoms. The van der Waals surface area contributed by atoms with Gasteiger partial charge in [-0.25, -0.2) is 0 Å². The summed E-state index contributed by atoms with van der Waals surface area (Å²) in [4.78, 5) is 13.2. The fourth-order valence-corrected chi connectivity index (χ4v) is 1.51. The summed E-state index contributed by atoms with van der Waals surface area (Å²) in [6.45, 7) is 0. The Kier molecular flexibility index (Phi) is 2.15. The van der Waals surface area contributed by atoms with Crippen molar-refractivity contribution in [2.24, 2.45) is 0 Å². The number of aromatic amines is 1. The van der Waals surface area contributed by atoms with Crippen LogP contribution in [0.4, 0.5) is 18.9 Å². The molecule has 0 spiro atoms. The van der Waals surface area contributed by atoms with E-state index in [9.17, 15) is 18.0 Å². The summed E-state index contributed by atoms with van der Waals surface area (Å²) in [5.74, 6) is 0. The Labute approximate surface area is 87.7 Å². The third kappa shape index (κ3) is 1.73. The van der Waals surface area contributed by atoms with Crippen molar-refractivity contribution in [2.75, 3.05) is 5.73 Å². The minimum Gasteiger partial charge on any atom is -0.399 e. The van der Waals surface area contributed by atoms with Crippen molar-refractivity contribution in [3.8, 4) is 0 Å². The first-order valence-corrected chi connectivity index (χ1v) is 4.38. The van der Waals surface area contributed by atoms with Crippen molar-refractivity contribution in [3.63, 3.8) is 0 Å². The second-order valence-electron chi connectivity index (χ2n) is 3.35. The fraction of sp³-hybridized carbons (Fsp3) is 0.100. The smallest absolute Gasteiger partial charge is 0.399 e. The molecule has 0 unspecified atom stereocenters. The number of aromatic nitrogens is 1. The molecule has 0 radical (unpaired) electrons. The van der Waals surface area contributed by atoms with Crippen molar-refractivity contribution in [1.29, 1.82) is 0 Å². The van der Waals surface area contributed by atoms with Crippen molar-refractivity contribution in [1.82, 2.24) is 4.98 Å². The molecule has 0 amide bonds. The Hall–Kier alpha value is -1.98. The number of fused-ring (bicyclic) bond motifs is 1. The number of nitrogens with one attached hydrogen (secondary N) is 1. The maximum Gasteiger partial charge on any atom is 0.418 e. The highest BCUT2D eigenvalue weighted by molar-refractivity contribution is 5.85. The second-order valence-corrected chi connectivity index (χ2v) is 3.35. The topological polar surface area (TPSA) is 58.9 Å². The van der Waals surface area contributed by atoms with Crippen molar-refractivity contribution >= 4 is 16.6 Å². The van der Waals surface area contributed by atoms with Crippen LogP contribution in [0.2, 0.25) is 0 Å². The molecule has 84 valence electrons. The van der Waals surface area contributed by atoms with Crippen LogP contribution in [-0.4, -0.2) is 4.98 Å². The van der Waals surface area contributed by atoms with Gasteiger partial charge in [-0.05, 0) is 18.2 Å². The van der Waals surface area contributed by atoms with Gasteiger partial charge in [0.15, 0.2) is 0 Å². The summed E-state index contributed by atoms with van der Waals surface area (Å²) in [6, 6.07) is 4.64. The number of nitrogens with two attached hydrogens (primary N) is 1. The quantitative estimate of drug-likeness (QED) is 0.678. The van der Waals surface area contributed by atoms with E-state index in [-0.39, 0.29) is 16.6 Å². The molecular formula is C10H7F3N2O. The zero-order chi connectivity index (χ0) is 11.9. The number of hydrogen-bond acceptors (Lipinski definition) is 2. The number of alkyl halides is 3. The van der Waals surface area contributed by atoms with Gasteiger partial charge in [0.1, 0.15) is 0 Å². The van der Waals surface area contributed by atoms with Gasteiger partial charge in [-0.2, -0.15) is 13.2 Å². The van der Waals surface area contributed by atoms with Crippen LogP contribution in [0.25, 0.3) is 10.9 Å². The van der Waals surface area contributed by atoms with Crippen LogP contribution in [0.1, 0.15) is 5.56 Å². The number of pyridine rings is 1. The summed E-state index contributed by atoms with van der Waals surface area (Å²) in [7, 11) is 0. The van der Waals surface area contributed by atoms with Gasteiger partial charge in [-0.3, -0.25) is 4.79 Å². The molecule has 3 nitrogen and oxygen atoms in total. The molecule has 1 heterocycles. The van der Waals surface area contributed by atoms with Crippen molar-refractivity contribution in [2.45, 2.75) is 6.18 Å². The summed E-state index contributed by atoms with van der Waals surface area (Å²) in [5, 5.41) is 0.256. The van der Waals surface area contributed by atoms with Crippen LogP contribution in [0.5, 0.6) is 0 Å². The van der Waals surface area contributed by atoms with Crippen LogP contribution in [0, 0.1) is 0 Å². The third-order valence-corrected chi connectivity index (χ3v) is 2.16. The van der Waals surface area contributed by atoms with Crippen LogP contribution in [-0.2, 0) is 6.18 Å². The van der Waals surface area contributed by atoms with Crippen LogP contribution >= 0.6 is 0 Å². The van der Waals surface area contributed by atoms with E-state index >= 15 is 0 Å². The molecule has 0 aliphatic carbocycles. The van der Waals surface area contributed by atoms with E-state index in [4.69, 9.17) is 5.73 Å². The van der Waals surface area contributed by atoms with Gasteiger partial charge in [0, 0.05) is 17.1 Å². The molecule has 2 rings (SSSR count). The van der Waals surface area contributed by atoms with Gasteiger partial charge in [-0.15, -0.1) is 0 Å². The Bertz CT molecular complexity index is 601. The van der Waals surface area contributed by atoms with E-state index in [0.717, 1.165) is 12.1 Å². The highest BCUT2D eigenvalue weighted by atomic mass is 19.4. The molecule has 2 aromatic rings. The molecular weight excluding hydrogens is 221 g/mol. The normalized spacial score (nSPS) is 11.9. The molecule has 1 aromatic heterocycles. The van der Waals surface area contributed by atoms with Gasteiger partial charge in [0.2, 0.25) is 5.56 Å².